The maximum atomic E-state index is 9.69. The first-order chi connectivity index (χ1) is 10.1. The van der Waals surface area contributed by atoms with E-state index >= 15 is 0 Å². The predicted octanol–water partition coefficient (Wildman–Crippen LogP) is 0.801. The van der Waals surface area contributed by atoms with Gasteiger partial charge < -0.3 is 26.2 Å². The Labute approximate surface area is 127 Å². The number of hydrogen-bond donors (Lipinski definition) is 3. The number of nitrogens with zero attached hydrogens (tertiary/aromatic N) is 1. The highest BCUT2D eigenvalue weighted by atomic mass is 16.5. The van der Waals surface area contributed by atoms with Crippen molar-refractivity contribution in [1.29, 1.82) is 0 Å². The Bertz CT molecular complexity index is 385. The van der Waals surface area contributed by atoms with E-state index in [0.717, 1.165) is 52.1 Å². The summed E-state index contributed by atoms with van der Waals surface area (Å²) in [5, 5.41) is 9.69. The first-order valence-corrected chi connectivity index (χ1v) is 8.01. The van der Waals surface area contributed by atoms with Gasteiger partial charge in [-0.2, -0.15) is 0 Å². The molecular weight excluding hydrogens is 266 g/mol. The van der Waals surface area contributed by atoms with E-state index in [0.29, 0.717) is 17.7 Å². The molecule has 0 amide bonds. The molecule has 2 saturated heterocycles. The number of β-amino-alcohol motifs (C(OH)–C–C–N with tert-alkyl or cyclic N) is 1. The van der Waals surface area contributed by atoms with Crippen LogP contribution in [0.1, 0.15) is 26.2 Å². The normalized spacial score (nSPS) is 28.8. The van der Waals surface area contributed by atoms with E-state index < -0.39 is 0 Å². The second-order valence-electron chi connectivity index (χ2n) is 6.20. The molecule has 0 bridgehead atoms. The average Bonchev–Trinajstić information content (AvgIpc) is 3.09. The maximum absolute atomic E-state index is 9.69. The van der Waals surface area contributed by atoms with E-state index in [1.807, 2.05) is 0 Å². The van der Waals surface area contributed by atoms with Crippen molar-refractivity contribution in [1.82, 2.24) is 4.90 Å². The number of likely N-dealkylation sites (tertiary alicyclic amines) is 1. The molecule has 2 rings (SSSR count). The van der Waals surface area contributed by atoms with Crippen molar-refractivity contribution in [2.24, 2.45) is 23.3 Å². The highest BCUT2D eigenvalue weighted by Gasteiger charge is 2.28. The molecule has 0 aliphatic carbocycles. The largest absolute Gasteiger partial charge is 0.392 e. The van der Waals surface area contributed by atoms with Gasteiger partial charge in [0.15, 0.2) is 0 Å². The van der Waals surface area contributed by atoms with Crippen LogP contribution in [-0.4, -0.2) is 49.0 Å². The van der Waals surface area contributed by atoms with Crippen molar-refractivity contribution in [2.45, 2.75) is 32.3 Å². The summed E-state index contributed by atoms with van der Waals surface area (Å²) in [5.41, 5.74) is 12.6. The van der Waals surface area contributed by atoms with E-state index in [1.165, 1.54) is 5.57 Å². The number of hydrogen-bond acceptors (Lipinski definition) is 5. The molecule has 0 aromatic heterocycles. The summed E-state index contributed by atoms with van der Waals surface area (Å²) in [6, 6.07) is 0. The third kappa shape index (κ3) is 4.73. The van der Waals surface area contributed by atoms with Gasteiger partial charge in [0.1, 0.15) is 0 Å². The monoisotopic (exact) mass is 295 g/mol. The van der Waals surface area contributed by atoms with Crippen LogP contribution < -0.4 is 11.5 Å². The second-order valence-corrected chi connectivity index (χ2v) is 6.20. The molecule has 2 aliphatic rings. The number of aliphatic hydroxyl groups excluding tert-OH is 1. The molecule has 0 aromatic carbocycles. The minimum Gasteiger partial charge on any atom is -0.392 e. The van der Waals surface area contributed by atoms with E-state index in [-0.39, 0.29) is 6.10 Å². The van der Waals surface area contributed by atoms with Crippen molar-refractivity contribution >= 4 is 0 Å². The number of allylic oxidation sites excluding steroid dienone is 2. The van der Waals surface area contributed by atoms with Gasteiger partial charge >= 0.3 is 0 Å². The molecule has 1 unspecified atom stereocenters. The lowest BCUT2D eigenvalue weighted by Gasteiger charge is -2.27. The fourth-order valence-corrected chi connectivity index (χ4v) is 3.36. The zero-order chi connectivity index (χ0) is 15.2. The Morgan fingerprint density at radius 1 is 1.38 bits per heavy atom. The molecule has 5 nitrogen and oxygen atoms in total. The van der Waals surface area contributed by atoms with Gasteiger partial charge in [0.2, 0.25) is 0 Å². The molecular formula is C16H29N3O2. The van der Waals surface area contributed by atoms with Crippen LogP contribution in [0.5, 0.6) is 0 Å². The van der Waals surface area contributed by atoms with E-state index in [2.05, 4.69) is 17.9 Å². The fraction of sp³-hybridized carbons (Fsp3) is 0.750. The van der Waals surface area contributed by atoms with Gasteiger partial charge in [-0.25, -0.2) is 0 Å². The van der Waals surface area contributed by atoms with Gasteiger partial charge in [0.25, 0.3) is 0 Å². The van der Waals surface area contributed by atoms with Gasteiger partial charge in [0, 0.05) is 32.2 Å². The Kier molecular flexibility index (Phi) is 6.08. The van der Waals surface area contributed by atoms with E-state index in [4.69, 9.17) is 16.2 Å². The topological polar surface area (TPSA) is 84.7 Å². The predicted molar refractivity (Wildman–Crippen MR) is 84.3 cm³/mol. The highest BCUT2D eigenvalue weighted by Crippen LogP contribution is 2.31. The zero-order valence-electron chi connectivity index (χ0n) is 13.0. The minimum absolute atomic E-state index is 0.163. The zero-order valence-corrected chi connectivity index (χ0v) is 13.0. The number of rotatable bonds is 6. The summed E-state index contributed by atoms with van der Waals surface area (Å²) in [7, 11) is 0. The Morgan fingerprint density at radius 2 is 2.19 bits per heavy atom. The first-order valence-electron chi connectivity index (χ1n) is 8.01. The third-order valence-corrected chi connectivity index (χ3v) is 4.56. The van der Waals surface area contributed by atoms with Crippen molar-refractivity contribution in [2.75, 3.05) is 32.8 Å². The molecule has 0 spiro atoms. The fourth-order valence-electron chi connectivity index (χ4n) is 3.36. The molecule has 5 heteroatoms. The third-order valence-electron chi connectivity index (χ3n) is 4.56. The van der Waals surface area contributed by atoms with Crippen molar-refractivity contribution < 1.29 is 9.84 Å². The lowest BCUT2D eigenvalue weighted by molar-refractivity contribution is 0.169. The first kappa shape index (κ1) is 16.3. The Morgan fingerprint density at radius 3 is 2.71 bits per heavy atom. The molecule has 2 aliphatic heterocycles. The maximum Gasteiger partial charge on any atom is 0.0933 e. The Hall–Kier alpha value is -1.04. The molecule has 2 heterocycles. The summed E-state index contributed by atoms with van der Waals surface area (Å²) in [6.07, 6.45) is 6.77. The summed E-state index contributed by atoms with van der Waals surface area (Å²) < 4.78 is 5.55. The van der Waals surface area contributed by atoms with Gasteiger partial charge in [-0.05, 0) is 31.3 Å². The average molecular weight is 295 g/mol. The summed E-state index contributed by atoms with van der Waals surface area (Å²) >= 11 is 0. The van der Waals surface area contributed by atoms with Crippen LogP contribution in [0, 0.1) is 11.8 Å². The van der Waals surface area contributed by atoms with Gasteiger partial charge in [-0.15, -0.1) is 0 Å². The van der Waals surface area contributed by atoms with Crippen molar-refractivity contribution in [3.8, 4) is 0 Å². The number of aliphatic hydroxyl groups is 1. The lowest BCUT2D eigenvalue weighted by atomic mass is 9.84. The van der Waals surface area contributed by atoms with Crippen LogP contribution in [-0.2, 0) is 4.74 Å². The van der Waals surface area contributed by atoms with Gasteiger partial charge in [0.05, 0.1) is 18.5 Å². The summed E-state index contributed by atoms with van der Waals surface area (Å²) in [5.74, 6) is 1.29. The molecule has 120 valence electrons. The molecule has 2 fully saturated rings. The second kappa shape index (κ2) is 7.82. The highest BCUT2D eigenvalue weighted by molar-refractivity contribution is 5.21. The Balaban J connectivity index is 2.08. The van der Waals surface area contributed by atoms with Crippen molar-refractivity contribution in [3.63, 3.8) is 0 Å². The minimum atomic E-state index is -0.163. The molecule has 0 saturated carbocycles. The number of nitrogens with two attached hydrogens (primary N) is 2. The number of ether oxygens (including phenoxy) is 1. The van der Waals surface area contributed by atoms with Crippen molar-refractivity contribution in [3.05, 3.63) is 23.5 Å². The van der Waals surface area contributed by atoms with Crippen LogP contribution in [0.15, 0.2) is 23.5 Å². The van der Waals surface area contributed by atoms with Crippen LogP contribution in [0.2, 0.25) is 0 Å². The standard InChI is InChI=1S/C16H29N3O2/c1-2-12(9-19-7-5-14(20)10-19)15(3-4-16(17)18)13-6-8-21-11-13/h3-4,12-14,20H,2,5-11,17-18H2,1H3/b15-3+/t12?,13-,14-/m0/s1. The van der Waals surface area contributed by atoms with Crippen LogP contribution in [0.3, 0.4) is 0 Å². The van der Waals surface area contributed by atoms with Crippen LogP contribution in [0.25, 0.3) is 0 Å². The quantitative estimate of drug-likeness (QED) is 0.631. The van der Waals surface area contributed by atoms with E-state index in [9.17, 15) is 5.11 Å². The molecule has 21 heavy (non-hydrogen) atoms. The SMILES string of the molecule is CCC(CN1CC[C@H](O)C1)/C(=C\C=C(N)N)[C@H]1CCOC1. The molecule has 0 aromatic rings. The summed E-state index contributed by atoms with van der Waals surface area (Å²) in [6.45, 7) is 6.62. The van der Waals surface area contributed by atoms with E-state index in [1.54, 1.807) is 6.08 Å². The van der Waals surface area contributed by atoms with Crippen LogP contribution >= 0.6 is 0 Å². The molecule has 0 radical (unpaired) electrons. The smallest absolute Gasteiger partial charge is 0.0933 e. The summed E-state index contributed by atoms with van der Waals surface area (Å²) in [4.78, 5) is 2.36. The molecule has 3 atom stereocenters. The van der Waals surface area contributed by atoms with Gasteiger partial charge in [-0.1, -0.05) is 18.6 Å². The van der Waals surface area contributed by atoms with Gasteiger partial charge in [-0.3, -0.25) is 0 Å². The molecule has 5 N–H and O–H groups in total. The van der Waals surface area contributed by atoms with Crippen LogP contribution in [0.4, 0.5) is 0 Å². The lowest BCUT2D eigenvalue weighted by Crippen LogP contribution is -2.30.